The first kappa shape index (κ1) is 8.74. The number of benzene rings is 1. The Morgan fingerprint density at radius 3 is 2.64 bits per heavy atom. The van der Waals surface area contributed by atoms with Crippen LogP contribution < -0.4 is 0 Å². The third-order valence-electron chi connectivity index (χ3n) is 2.16. The van der Waals surface area contributed by atoms with Crippen molar-refractivity contribution < 1.29 is 0 Å². The summed E-state index contributed by atoms with van der Waals surface area (Å²) in [5.74, 6) is 0. The average molecular weight is 198 g/mol. The van der Waals surface area contributed by atoms with Gasteiger partial charge in [0.15, 0.2) is 0 Å². The zero-order chi connectivity index (χ0) is 10.1. The number of thiophene rings is 1. The molecule has 14 heavy (non-hydrogen) atoms. The minimum absolute atomic E-state index is 0.460. The predicted molar refractivity (Wildman–Crippen MR) is 56.0 cm³/mol. The maximum atomic E-state index is 8.99. The van der Waals surface area contributed by atoms with Crippen molar-refractivity contribution in [1.82, 2.24) is 0 Å². The van der Waals surface area contributed by atoms with Crippen molar-refractivity contribution in [3.8, 4) is 12.1 Å². The number of hydrogen-bond acceptors (Lipinski definition) is 3. The molecule has 1 aromatic carbocycles. The second kappa shape index (κ2) is 3.14. The molecule has 1 heterocycles. The third-order valence-corrected chi connectivity index (χ3v) is 3.22. The van der Waals surface area contributed by atoms with Crippen LogP contribution in [0, 0.1) is 29.6 Å². The highest BCUT2D eigenvalue weighted by atomic mass is 32.1. The Morgan fingerprint density at radius 2 is 2.00 bits per heavy atom. The van der Waals surface area contributed by atoms with Crippen LogP contribution in [0.1, 0.15) is 16.7 Å². The highest BCUT2D eigenvalue weighted by Crippen LogP contribution is 2.29. The number of rotatable bonds is 0. The Hall–Kier alpha value is -1.84. The number of fused-ring (bicyclic) bond motifs is 1. The van der Waals surface area contributed by atoms with E-state index < -0.39 is 0 Å². The van der Waals surface area contributed by atoms with E-state index in [0.29, 0.717) is 11.1 Å². The lowest BCUT2D eigenvalue weighted by atomic mass is 10.0. The van der Waals surface area contributed by atoms with Crippen LogP contribution >= 0.6 is 11.3 Å². The first-order valence-electron chi connectivity index (χ1n) is 4.09. The lowest BCUT2D eigenvalue weighted by Gasteiger charge is -1.97. The van der Waals surface area contributed by atoms with Crippen molar-refractivity contribution in [1.29, 1.82) is 10.5 Å². The fraction of sp³-hybridized carbons (Fsp3) is 0.0909. The quantitative estimate of drug-likeness (QED) is 0.653. The molecule has 0 unspecified atom stereocenters. The van der Waals surface area contributed by atoms with E-state index in [4.69, 9.17) is 10.5 Å². The molecule has 0 bridgehead atoms. The Kier molecular flexibility index (Phi) is 1.96. The second-order valence-corrected chi connectivity index (χ2v) is 3.91. The summed E-state index contributed by atoms with van der Waals surface area (Å²) in [5.41, 5.74) is 2.03. The number of hydrogen-bond donors (Lipinski definition) is 0. The molecule has 2 nitrogen and oxygen atoms in total. The predicted octanol–water partition coefficient (Wildman–Crippen LogP) is 2.95. The van der Waals surface area contributed by atoms with Gasteiger partial charge in [-0.1, -0.05) is 0 Å². The van der Waals surface area contributed by atoms with E-state index in [-0.39, 0.29) is 0 Å². The van der Waals surface area contributed by atoms with Crippen molar-refractivity contribution in [2.75, 3.05) is 0 Å². The maximum Gasteiger partial charge on any atom is 0.101 e. The molecule has 3 heteroatoms. The van der Waals surface area contributed by atoms with Gasteiger partial charge in [0.25, 0.3) is 0 Å². The van der Waals surface area contributed by atoms with Crippen LogP contribution in [0.15, 0.2) is 17.5 Å². The second-order valence-electron chi connectivity index (χ2n) is 3.00. The van der Waals surface area contributed by atoms with Crippen LogP contribution in [0.4, 0.5) is 0 Å². The lowest BCUT2D eigenvalue weighted by molar-refractivity contribution is 1.45. The molecule has 0 spiro atoms. The average Bonchev–Trinajstić information content (AvgIpc) is 2.59. The van der Waals surface area contributed by atoms with E-state index in [1.807, 2.05) is 24.4 Å². The van der Waals surface area contributed by atoms with Crippen LogP contribution in [-0.4, -0.2) is 0 Å². The summed E-state index contributed by atoms with van der Waals surface area (Å²) in [4.78, 5) is 0. The van der Waals surface area contributed by atoms with Gasteiger partial charge in [-0.2, -0.15) is 10.5 Å². The van der Waals surface area contributed by atoms with Crippen LogP contribution in [-0.2, 0) is 0 Å². The Balaban J connectivity index is 2.99. The van der Waals surface area contributed by atoms with Gasteiger partial charge in [0.05, 0.1) is 11.1 Å². The highest BCUT2D eigenvalue weighted by molar-refractivity contribution is 7.17. The smallest absolute Gasteiger partial charge is 0.101 e. The zero-order valence-electron chi connectivity index (χ0n) is 7.53. The number of nitriles is 2. The monoisotopic (exact) mass is 198 g/mol. The van der Waals surface area contributed by atoms with Gasteiger partial charge in [0, 0.05) is 10.1 Å². The van der Waals surface area contributed by atoms with E-state index in [9.17, 15) is 0 Å². The molecule has 66 valence electrons. The zero-order valence-corrected chi connectivity index (χ0v) is 8.35. The van der Waals surface area contributed by atoms with Gasteiger partial charge in [0.1, 0.15) is 12.1 Å². The molecule has 0 atom stereocenters. The first-order valence-corrected chi connectivity index (χ1v) is 4.97. The molecule has 2 aromatic rings. The summed E-state index contributed by atoms with van der Waals surface area (Å²) in [6.45, 7) is 1.96. The van der Waals surface area contributed by atoms with Gasteiger partial charge in [-0.05, 0) is 30.0 Å². The molecule has 0 saturated carbocycles. The summed E-state index contributed by atoms with van der Waals surface area (Å²) in [5, 5.41) is 20.8. The molecule has 2 rings (SSSR count). The third kappa shape index (κ3) is 1.08. The molecule has 0 N–H and O–H groups in total. The van der Waals surface area contributed by atoms with E-state index in [1.165, 1.54) is 0 Å². The van der Waals surface area contributed by atoms with Gasteiger partial charge in [0.2, 0.25) is 0 Å². The minimum Gasteiger partial charge on any atom is -0.192 e. The van der Waals surface area contributed by atoms with Gasteiger partial charge in [-0.25, -0.2) is 0 Å². The topological polar surface area (TPSA) is 47.6 Å². The van der Waals surface area contributed by atoms with Gasteiger partial charge < -0.3 is 0 Å². The van der Waals surface area contributed by atoms with E-state index >= 15 is 0 Å². The molecule has 0 aliphatic carbocycles. The summed E-state index contributed by atoms with van der Waals surface area (Å²) >= 11 is 1.60. The van der Waals surface area contributed by atoms with Crippen LogP contribution in [0.3, 0.4) is 0 Å². The van der Waals surface area contributed by atoms with Gasteiger partial charge in [-0.3, -0.25) is 0 Å². The summed E-state index contributed by atoms with van der Waals surface area (Å²) in [6, 6.07) is 7.74. The maximum absolute atomic E-state index is 8.99. The van der Waals surface area contributed by atoms with Crippen LogP contribution in [0.25, 0.3) is 10.1 Å². The van der Waals surface area contributed by atoms with Crippen molar-refractivity contribution in [2.24, 2.45) is 0 Å². The SMILES string of the molecule is Cc1csc2ccc(C#N)c(C#N)c12. The summed E-state index contributed by atoms with van der Waals surface area (Å²) < 4.78 is 1.07. The number of aryl methyl sites for hydroxylation is 1. The Bertz CT molecular complexity index is 582. The fourth-order valence-electron chi connectivity index (χ4n) is 1.49. The lowest BCUT2D eigenvalue weighted by Crippen LogP contribution is -1.84. The molecule has 0 radical (unpaired) electrons. The van der Waals surface area contributed by atoms with E-state index in [1.54, 1.807) is 17.4 Å². The van der Waals surface area contributed by atoms with Gasteiger partial charge in [-0.15, -0.1) is 11.3 Å². The van der Waals surface area contributed by atoms with Crippen molar-refractivity contribution in [3.05, 3.63) is 34.2 Å². The van der Waals surface area contributed by atoms with E-state index in [0.717, 1.165) is 15.6 Å². The van der Waals surface area contributed by atoms with Crippen LogP contribution in [0.5, 0.6) is 0 Å². The molecule has 0 aliphatic rings. The Labute approximate surface area is 85.6 Å². The molecular weight excluding hydrogens is 192 g/mol. The fourth-order valence-corrected chi connectivity index (χ4v) is 2.44. The standard InChI is InChI=1S/C11H6N2S/c1-7-6-14-10-3-2-8(4-12)9(5-13)11(7)10/h2-3,6H,1H3. The van der Waals surface area contributed by atoms with Crippen molar-refractivity contribution >= 4 is 21.4 Å². The summed E-state index contributed by atoms with van der Waals surface area (Å²) in [6.07, 6.45) is 0. The highest BCUT2D eigenvalue weighted by Gasteiger charge is 2.10. The summed E-state index contributed by atoms with van der Waals surface area (Å²) in [7, 11) is 0. The molecule has 1 aromatic heterocycles. The van der Waals surface area contributed by atoms with E-state index in [2.05, 4.69) is 6.07 Å². The molecule has 0 aliphatic heterocycles. The van der Waals surface area contributed by atoms with Crippen LogP contribution in [0.2, 0.25) is 0 Å². The normalized spacial score (nSPS) is 9.64. The Morgan fingerprint density at radius 1 is 1.21 bits per heavy atom. The molecular formula is C11H6N2S. The van der Waals surface area contributed by atoms with Crippen molar-refractivity contribution in [2.45, 2.75) is 6.92 Å². The first-order chi connectivity index (χ1) is 6.77. The minimum atomic E-state index is 0.460. The molecule has 0 saturated heterocycles. The largest absolute Gasteiger partial charge is 0.192 e. The number of nitrogens with zero attached hydrogens (tertiary/aromatic N) is 2. The molecule has 0 fully saturated rings. The van der Waals surface area contributed by atoms with Gasteiger partial charge >= 0.3 is 0 Å². The molecule has 0 amide bonds. The van der Waals surface area contributed by atoms with Crippen molar-refractivity contribution in [3.63, 3.8) is 0 Å².